The minimum Gasteiger partial charge on any atom is -0.338 e. The highest BCUT2D eigenvalue weighted by atomic mass is 16.2. The number of amides is 2. The molecule has 1 aromatic carbocycles. The summed E-state index contributed by atoms with van der Waals surface area (Å²) in [7, 11) is 2.08. The van der Waals surface area contributed by atoms with Gasteiger partial charge in [0, 0.05) is 12.2 Å². The molecular weight excluding hydrogens is 238 g/mol. The maximum atomic E-state index is 11.8. The predicted molar refractivity (Wildman–Crippen MR) is 80.7 cm³/mol. The number of carbonyl (C=O) groups excluding carboxylic acids is 1. The maximum absolute atomic E-state index is 11.8. The lowest BCUT2D eigenvalue weighted by Crippen LogP contribution is -2.32. The molecule has 1 rings (SSSR count). The molecule has 4 nitrogen and oxygen atoms in total. The van der Waals surface area contributed by atoms with Gasteiger partial charge in [0.15, 0.2) is 0 Å². The second-order valence-corrected chi connectivity index (χ2v) is 4.90. The summed E-state index contributed by atoms with van der Waals surface area (Å²) in [4.78, 5) is 14.0. The molecule has 0 saturated heterocycles. The van der Waals surface area contributed by atoms with Gasteiger partial charge < -0.3 is 15.5 Å². The Morgan fingerprint density at radius 1 is 1.26 bits per heavy atom. The number of para-hydroxylation sites is 1. The fourth-order valence-electron chi connectivity index (χ4n) is 1.88. The van der Waals surface area contributed by atoms with E-state index in [1.54, 1.807) is 0 Å². The zero-order chi connectivity index (χ0) is 14.3. The highest BCUT2D eigenvalue weighted by Crippen LogP contribution is 2.18. The lowest BCUT2D eigenvalue weighted by Gasteiger charge is -2.15. The van der Waals surface area contributed by atoms with E-state index in [0.29, 0.717) is 6.54 Å². The van der Waals surface area contributed by atoms with Crippen LogP contribution in [0.5, 0.6) is 0 Å². The summed E-state index contributed by atoms with van der Waals surface area (Å²) in [6, 6.07) is 5.86. The SMILES string of the molecule is CCN(C)CCCNC(=O)Nc1c(C)cccc1C. The number of nitrogens with zero attached hydrogens (tertiary/aromatic N) is 1. The van der Waals surface area contributed by atoms with Gasteiger partial charge in [-0.2, -0.15) is 0 Å². The van der Waals surface area contributed by atoms with Crippen LogP contribution in [0.25, 0.3) is 0 Å². The minimum absolute atomic E-state index is 0.128. The minimum atomic E-state index is -0.128. The average Bonchev–Trinajstić information content (AvgIpc) is 2.39. The molecule has 2 amide bonds. The molecule has 0 radical (unpaired) electrons. The average molecular weight is 263 g/mol. The van der Waals surface area contributed by atoms with E-state index in [1.165, 1.54) is 0 Å². The van der Waals surface area contributed by atoms with Crippen LogP contribution in [0.15, 0.2) is 18.2 Å². The lowest BCUT2D eigenvalue weighted by molar-refractivity contribution is 0.251. The molecule has 106 valence electrons. The van der Waals surface area contributed by atoms with Crippen molar-refractivity contribution in [3.8, 4) is 0 Å². The standard InChI is InChI=1S/C15H25N3O/c1-5-18(4)11-7-10-16-15(19)17-14-12(2)8-6-9-13(14)3/h6,8-9H,5,7,10-11H2,1-4H3,(H2,16,17,19). The zero-order valence-corrected chi connectivity index (χ0v) is 12.4. The molecule has 4 heteroatoms. The summed E-state index contributed by atoms with van der Waals surface area (Å²) in [6.07, 6.45) is 0.963. The van der Waals surface area contributed by atoms with Crippen LogP contribution in [0.1, 0.15) is 24.5 Å². The highest BCUT2D eigenvalue weighted by molar-refractivity contribution is 5.90. The van der Waals surface area contributed by atoms with E-state index in [-0.39, 0.29) is 6.03 Å². The number of anilines is 1. The van der Waals surface area contributed by atoms with Crippen molar-refractivity contribution in [3.05, 3.63) is 29.3 Å². The van der Waals surface area contributed by atoms with E-state index in [4.69, 9.17) is 0 Å². The first-order chi connectivity index (χ1) is 9.04. The summed E-state index contributed by atoms with van der Waals surface area (Å²) in [5.41, 5.74) is 3.08. The normalized spacial score (nSPS) is 10.6. The van der Waals surface area contributed by atoms with Gasteiger partial charge in [-0.1, -0.05) is 25.1 Å². The molecule has 0 heterocycles. The number of aryl methyl sites for hydroxylation is 2. The summed E-state index contributed by atoms with van der Waals surface area (Å²) in [5.74, 6) is 0. The molecule has 0 aliphatic rings. The van der Waals surface area contributed by atoms with E-state index in [1.807, 2.05) is 32.0 Å². The highest BCUT2D eigenvalue weighted by Gasteiger charge is 2.06. The molecule has 19 heavy (non-hydrogen) atoms. The summed E-state index contributed by atoms with van der Waals surface area (Å²) in [6.45, 7) is 8.86. The topological polar surface area (TPSA) is 44.4 Å². The fraction of sp³-hybridized carbons (Fsp3) is 0.533. The molecule has 0 unspecified atom stereocenters. The Hall–Kier alpha value is -1.55. The number of carbonyl (C=O) groups is 1. The molecule has 1 aromatic rings. The number of benzene rings is 1. The van der Waals surface area contributed by atoms with E-state index in [2.05, 4.69) is 29.5 Å². The van der Waals surface area contributed by atoms with Gasteiger partial charge in [-0.05, 0) is 51.5 Å². The van der Waals surface area contributed by atoms with Gasteiger partial charge >= 0.3 is 6.03 Å². The Morgan fingerprint density at radius 2 is 1.89 bits per heavy atom. The van der Waals surface area contributed by atoms with Gasteiger partial charge in [-0.3, -0.25) is 0 Å². The predicted octanol–water partition coefficient (Wildman–Crippen LogP) is 2.77. The Morgan fingerprint density at radius 3 is 2.47 bits per heavy atom. The van der Waals surface area contributed by atoms with Crippen molar-refractivity contribution in [2.24, 2.45) is 0 Å². The quantitative estimate of drug-likeness (QED) is 0.775. The number of nitrogens with one attached hydrogen (secondary N) is 2. The van der Waals surface area contributed by atoms with E-state index >= 15 is 0 Å². The van der Waals surface area contributed by atoms with Crippen molar-refractivity contribution in [1.82, 2.24) is 10.2 Å². The third-order valence-corrected chi connectivity index (χ3v) is 3.26. The van der Waals surface area contributed by atoms with E-state index in [0.717, 1.165) is 36.3 Å². The van der Waals surface area contributed by atoms with Gasteiger partial charge in [0.05, 0.1) is 0 Å². The van der Waals surface area contributed by atoms with Gasteiger partial charge in [0.25, 0.3) is 0 Å². The molecule has 0 aromatic heterocycles. The number of hydrogen-bond acceptors (Lipinski definition) is 2. The van der Waals surface area contributed by atoms with Crippen molar-refractivity contribution in [2.45, 2.75) is 27.2 Å². The Balaban J connectivity index is 2.35. The monoisotopic (exact) mass is 263 g/mol. The molecule has 0 fully saturated rings. The summed E-state index contributed by atoms with van der Waals surface area (Å²) in [5, 5.41) is 5.81. The second-order valence-electron chi connectivity index (χ2n) is 4.90. The molecule has 0 saturated carbocycles. The first-order valence-electron chi connectivity index (χ1n) is 6.84. The van der Waals surface area contributed by atoms with Crippen LogP contribution < -0.4 is 10.6 Å². The molecule has 0 aliphatic carbocycles. The maximum Gasteiger partial charge on any atom is 0.319 e. The lowest BCUT2D eigenvalue weighted by atomic mass is 10.1. The molecule has 2 N–H and O–H groups in total. The van der Waals surface area contributed by atoms with Gasteiger partial charge in [0.1, 0.15) is 0 Å². The van der Waals surface area contributed by atoms with Crippen LogP contribution in [-0.2, 0) is 0 Å². The van der Waals surface area contributed by atoms with Crippen molar-refractivity contribution in [2.75, 3.05) is 32.0 Å². The van der Waals surface area contributed by atoms with Crippen LogP contribution in [0.3, 0.4) is 0 Å². The van der Waals surface area contributed by atoms with Crippen molar-refractivity contribution in [3.63, 3.8) is 0 Å². The van der Waals surface area contributed by atoms with E-state index < -0.39 is 0 Å². The van der Waals surface area contributed by atoms with Crippen LogP contribution in [0.4, 0.5) is 10.5 Å². The molecule has 0 atom stereocenters. The van der Waals surface area contributed by atoms with Crippen LogP contribution in [-0.4, -0.2) is 37.6 Å². The number of hydrogen-bond donors (Lipinski definition) is 2. The van der Waals surface area contributed by atoms with Gasteiger partial charge in [-0.15, -0.1) is 0 Å². The van der Waals surface area contributed by atoms with E-state index in [9.17, 15) is 4.79 Å². The Labute approximate surface area is 116 Å². The third kappa shape index (κ3) is 5.30. The third-order valence-electron chi connectivity index (χ3n) is 3.26. The fourth-order valence-corrected chi connectivity index (χ4v) is 1.88. The van der Waals surface area contributed by atoms with Crippen LogP contribution in [0, 0.1) is 13.8 Å². The molecule has 0 aliphatic heterocycles. The number of urea groups is 1. The second kappa shape index (κ2) is 7.79. The zero-order valence-electron chi connectivity index (χ0n) is 12.4. The summed E-state index contributed by atoms with van der Waals surface area (Å²) >= 11 is 0. The first kappa shape index (κ1) is 15.5. The Kier molecular flexibility index (Phi) is 6.36. The van der Waals surface area contributed by atoms with Crippen LogP contribution in [0.2, 0.25) is 0 Å². The van der Waals surface area contributed by atoms with Crippen molar-refractivity contribution in [1.29, 1.82) is 0 Å². The van der Waals surface area contributed by atoms with Crippen LogP contribution >= 0.6 is 0 Å². The summed E-state index contributed by atoms with van der Waals surface area (Å²) < 4.78 is 0. The largest absolute Gasteiger partial charge is 0.338 e. The van der Waals surface area contributed by atoms with Gasteiger partial charge in [-0.25, -0.2) is 4.79 Å². The van der Waals surface area contributed by atoms with Crippen molar-refractivity contribution < 1.29 is 4.79 Å². The Bertz CT molecular complexity index is 398. The molecule has 0 spiro atoms. The van der Waals surface area contributed by atoms with Gasteiger partial charge in [0.2, 0.25) is 0 Å². The number of rotatable bonds is 6. The first-order valence-corrected chi connectivity index (χ1v) is 6.84. The van der Waals surface area contributed by atoms with Crippen molar-refractivity contribution >= 4 is 11.7 Å². The molecular formula is C15H25N3O. The smallest absolute Gasteiger partial charge is 0.319 e. The molecule has 0 bridgehead atoms.